The molecule has 0 bridgehead atoms. The molecule has 0 heterocycles. The van der Waals surface area contributed by atoms with E-state index in [0.29, 0.717) is 17.1 Å². The summed E-state index contributed by atoms with van der Waals surface area (Å²) in [5, 5.41) is 23.0. The molecular weight excluding hydrogens is 374 g/mol. The molecule has 0 aliphatic rings. The molecule has 0 aliphatic carbocycles. The molecule has 0 aliphatic heterocycles. The second-order valence-corrected chi connectivity index (χ2v) is 5.59. The van der Waals surface area contributed by atoms with Gasteiger partial charge in [0.05, 0.1) is 19.1 Å². The minimum atomic E-state index is -0.812. The van der Waals surface area contributed by atoms with Crippen molar-refractivity contribution in [3.05, 3.63) is 62.7 Å². The topological polar surface area (TPSA) is 114 Å². The van der Waals surface area contributed by atoms with E-state index in [4.69, 9.17) is 21.1 Å². The summed E-state index contributed by atoms with van der Waals surface area (Å²) < 4.78 is 10.3. The number of nitrogens with one attached hydrogen (secondary N) is 1. The molecule has 2 aromatic rings. The highest BCUT2D eigenvalue weighted by Crippen LogP contribution is 2.29. The maximum absolute atomic E-state index is 12.4. The molecule has 2 aromatic carbocycles. The summed E-state index contributed by atoms with van der Waals surface area (Å²) in [4.78, 5) is 22.9. The van der Waals surface area contributed by atoms with Crippen LogP contribution in [0.15, 0.2) is 42.0 Å². The lowest BCUT2D eigenvalue weighted by atomic mass is 10.1. The number of nitro benzene ring substituents is 1. The van der Waals surface area contributed by atoms with Gasteiger partial charge in [0.1, 0.15) is 28.8 Å². The summed E-state index contributed by atoms with van der Waals surface area (Å²) in [7, 11) is 2.93. The molecule has 0 fully saturated rings. The third kappa shape index (κ3) is 4.74. The van der Waals surface area contributed by atoms with Crippen LogP contribution < -0.4 is 14.8 Å². The number of hydrogen-bond acceptors (Lipinski definition) is 6. The fourth-order valence-corrected chi connectivity index (χ4v) is 2.37. The quantitative estimate of drug-likeness (QED) is 0.349. The minimum absolute atomic E-state index is 0.0758. The number of amides is 1. The third-order valence-electron chi connectivity index (χ3n) is 3.51. The fourth-order valence-electron chi connectivity index (χ4n) is 2.21. The number of nitro groups is 1. The average molecular weight is 388 g/mol. The normalized spacial score (nSPS) is 10.7. The van der Waals surface area contributed by atoms with Crippen molar-refractivity contribution in [1.82, 2.24) is 0 Å². The zero-order valence-electron chi connectivity index (χ0n) is 14.4. The summed E-state index contributed by atoms with van der Waals surface area (Å²) >= 11 is 5.75. The molecule has 27 heavy (non-hydrogen) atoms. The van der Waals surface area contributed by atoms with Gasteiger partial charge in [0, 0.05) is 16.7 Å². The lowest BCUT2D eigenvalue weighted by Gasteiger charge is -2.09. The van der Waals surface area contributed by atoms with Crippen LogP contribution in [0.25, 0.3) is 6.08 Å². The number of nitriles is 1. The predicted molar refractivity (Wildman–Crippen MR) is 99.9 cm³/mol. The highest BCUT2D eigenvalue weighted by atomic mass is 35.5. The number of ether oxygens (including phenoxy) is 2. The Kier molecular flexibility index (Phi) is 6.36. The lowest BCUT2D eigenvalue weighted by Crippen LogP contribution is -2.14. The average Bonchev–Trinajstić information content (AvgIpc) is 2.66. The molecule has 1 amide bonds. The van der Waals surface area contributed by atoms with Crippen LogP contribution in [-0.4, -0.2) is 25.1 Å². The number of anilines is 1. The zero-order valence-corrected chi connectivity index (χ0v) is 15.1. The van der Waals surface area contributed by atoms with E-state index in [1.165, 1.54) is 32.4 Å². The molecule has 0 spiro atoms. The summed E-state index contributed by atoms with van der Waals surface area (Å²) in [6, 6.07) is 10.5. The van der Waals surface area contributed by atoms with Crippen LogP contribution in [0.4, 0.5) is 11.4 Å². The number of nitrogens with zero attached hydrogens (tertiary/aromatic N) is 2. The highest BCUT2D eigenvalue weighted by Gasteiger charge is 2.19. The smallest absolute Gasteiger partial charge is 0.294 e. The molecule has 1 N–H and O–H groups in total. The maximum Gasteiger partial charge on any atom is 0.294 e. The Hall–Kier alpha value is -3.57. The van der Waals surface area contributed by atoms with E-state index in [-0.39, 0.29) is 22.0 Å². The molecule has 0 unspecified atom stereocenters. The van der Waals surface area contributed by atoms with Gasteiger partial charge in [-0.15, -0.1) is 0 Å². The second kappa shape index (κ2) is 8.69. The molecule has 0 saturated heterocycles. The standard InChI is InChI=1S/C18H14ClN3O5/c1-26-14-4-6-17(27-2)11(8-14)7-12(10-20)18(23)21-15-5-3-13(19)9-16(15)22(24)25/h3-9H,1-2H3,(H,21,23)/b12-7-. The summed E-state index contributed by atoms with van der Waals surface area (Å²) in [6.07, 6.45) is 1.30. The fraction of sp³-hybridized carbons (Fsp3) is 0.111. The summed E-state index contributed by atoms with van der Waals surface area (Å²) in [6.45, 7) is 0. The van der Waals surface area contributed by atoms with E-state index in [2.05, 4.69) is 5.32 Å². The summed E-state index contributed by atoms with van der Waals surface area (Å²) in [5.74, 6) is 0.120. The van der Waals surface area contributed by atoms with Crippen LogP contribution in [-0.2, 0) is 4.79 Å². The van der Waals surface area contributed by atoms with Crippen LogP contribution in [0, 0.1) is 21.4 Å². The minimum Gasteiger partial charge on any atom is -0.497 e. The lowest BCUT2D eigenvalue weighted by molar-refractivity contribution is -0.383. The number of rotatable bonds is 6. The molecular formula is C18H14ClN3O5. The highest BCUT2D eigenvalue weighted by molar-refractivity contribution is 6.31. The van der Waals surface area contributed by atoms with Crippen LogP contribution in [0.3, 0.4) is 0 Å². The molecule has 9 heteroatoms. The van der Waals surface area contributed by atoms with Crippen molar-refractivity contribution in [2.75, 3.05) is 19.5 Å². The number of halogens is 1. The van der Waals surface area contributed by atoms with Crippen molar-refractivity contribution >= 4 is 35.0 Å². The molecule has 8 nitrogen and oxygen atoms in total. The molecule has 0 saturated carbocycles. The maximum atomic E-state index is 12.4. The first-order valence-electron chi connectivity index (χ1n) is 7.48. The Morgan fingerprint density at radius 1 is 1.26 bits per heavy atom. The number of benzene rings is 2. The number of carbonyl (C=O) groups excluding carboxylic acids is 1. The monoisotopic (exact) mass is 387 g/mol. The van der Waals surface area contributed by atoms with Crippen molar-refractivity contribution in [3.8, 4) is 17.6 Å². The van der Waals surface area contributed by atoms with E-state index in [1.54, 1.807) is 24.3 Å². The van der Waals surface area contributed by atoms with Gasteiger partial charge in [0.2, 0.25) is 0 Å². The van der Waals surface area contributed by atoms with E-state index >= 15 is 0 Å². The van der Waals surface area contributed by atoms with Gasteiger partial charge in [-0.05, 0) is 36.4 Å². The number of carbonyl (C=O) groups is 1. The van der Waals surface area contributed by atoms with Gasteiger partial charge < -0.3 is 14.8 Å². The SMILES string of the molecule is COc1ccc(OC)c(/C=C(/C#N)C(=O)Nc2ccc(Cl)cc2[N+](=O)[O-])c1. The zero-order chi connectivity index (χ0) is 20.0. The van der Waals surface area contributed by atoms with Crippen LogP contribution in [0.1, 0.15) is 5.56 Å². The Bertz CT molecular complexity index is 966. The van der Waals surface area contributed by atoms with Gasteiger partial charge in [-0.3, -0.25) is 14.9 Å². The van der Waals surface area contributed by atoms with Crippen molar-refractivity contribution in [1.29, 1.82) is 5.26 Å². The Labute approximate surface area is 159 Å². The Morgan fingerprint density at radius 2 is 2.00 bits per heavy atom. The van der Waals surface area contributed by atoms with Crippen LogP contribution in [0.5, 0.6) is 11.5 Å². The number of methoxy groups -OCH3 is 2. The third-order valence-corrected chi connectivity index (χ3v) is 3.74. The summed E-state index contributed by atoms with van der Waals surface area (Å²) in [5.41, 5.74) is -0.291. The van der Waals surface area contributed by atoms with Crippen LogP contribution in [0.2, 0.25) is 5.02 Å². The molecule has 2 rings (SSSR count). The van der Waals surface area contributed by atoms with Crippen molar-refractivity contribution < 1.29 is 19.2 Å². The van der Waals surface area contributed by atoms with Gasteiger partial charge in [-0.2, -0.15) is 5.26 Å². The largest absolute Gasteiger partial charge is 0.497 e. The van der Waals surface area contributed by atoms with Crippen molar-refractivity contribution in [2.45, 2.75) is 0 Å². The first-order valence-corrected chi connectivity index (χ1v) is 7.86. The van der Waals surface area contributed by atoms with Crippen molar-refractivity contribution in [3.63, 3.8) is 0 Å². The van der Waals surface area contributed by atoms with Gasteiger partial charge in [-0.1, -0.05) is 11.6 Å². The Morgan fingerprint density at radius 3 is 2.59 bits per heavy atom. The van der Waals surface area contributed by atoms with Crippen LogP contribution >= 0.6 is 11.6 Å². The first-order chi connectivity index (χ1) is 12.9. The number of hydrogen-bond donors (Lipinski definition) is 1. The van der Waals surface area contributed by atoms with E-state index in [1.807, 2.05) is 0 Å². The molecule has 138 valence electrons. The van der Waals surface area contributed by atoms with Gasteiger partial charge in [0.15, 0.2) is 0 Å². The first kappa shape index (κ1) is 19.8. The van der Waals surface area contributed by atoms with E-state index in [0.717, 1.165) is 6.07 Å². The Balaban J connectivity index is 2.39. The molecule has 0 atom stereocenters. The van der Waals surface area contributed by atoms with Gasteiger partial charge in [-0.25, -0.2) is 0 Å². The second-order valence-electron chi connectivity index (χ2n) is 5.15. The molecule has 0 radical (unpaired) electrons. The van der Waals surface area contributed by atoms with Gasteiger partial charge in [0.25, 0.3) is 11.6 Å². The predicted octanol–water partition coefficient (Wildman–Crippen LogP) is 3.81. The van der Waals surface area contributed by atoms with E-state index in [9.17, 15) is 20.2 Å². The van der Waals surface area contributed by atoms with E-state index < -0.39 is 10.8 Å². The van der Waals surface area contributed by atoms with Gasteiger partial charge >= 0.3 is 0 Å². The molecule has 0 aromatic heterocycles. The van der Waals surface area contributed by atoms with Crippen molar-refractivity contribution in [2.24, 2.45) is 0 Å².